The van der Waals surface area contributed by atoms with Crippen LogP contribution in [0.1, 0.15) is 30.4 Å². The van der Waals surface area contributed by atoms with Gasteiger partial charge in [-0.15, -0.1) is 0 Å². The first-order valence-corrected chi connectivity index (χ1v) is 12.0. The number of halogens is 3. The molecule has 0 amide bonds. The summed E-state index contributed by atoms with van der Waals surface area (Å²) in [6, 6.07) is 15.5. The summed E-state index contributed by atoms with van der Waals surface area (Å²) in [7, 11) is 3.17. The number of carbonyl (C=O) groups is 1. The fourth-order valence-corrected chi connectivity index (χ4v) is 5.10. The molecule has 4 rings (SSSR count). The summed E-state index contributed by atoms with van der Waals surface area (Å²) in [4.78, 5) is 13.2. The van der Waals surface area contributed by atoms with Crippen LogP contribution in [0.15, 0.2) is 48.5 Å². The lowest BCUT2D eigenvalue weighted by Crippen LogP contribution is -2.38. The van der Waals surface area contributed by atoms with Crippen LogP contribution in [-0.2, 0) is 17.8 Å². The number of aryl methyl sites for hydroxylation is 1. The molecule has 0 spiro atoms. The van der Waals surface area contributed by atoms with Crippen molar-refractivity contribution in [3.63, 3.8) is 0 Å². The van der Waals surface area contributed by atoms with E-state index < -0.39 is 18.1 Å². The van der Waals surface area contributed by atoms with Crippen LogP contribution in [0.4, 0.5) is 13.2 Å². The molecule has 5 nitrogen and oxygen atoms in total. The minimum atomic E-state index is -4.14. The number of aliphatic carboxylic acids is 1. The van der Waals surface area contributed by atoms with E-state index in [1.54, 1.807) is 14.2 Å². The molecule has 0 saturated carbocycles. The van der Waals surface area contributed by atoms with Crippen molar-refractivity contribution in [2.24, 2.45) is 5.92 Å². The highest BCUT2D eigenvalue weighted by molar-refractivity contribution is 6.01. The second kappa shape index (κ2) is 10.8. The molecule has 8 heteroatoms. The lowest BCUT2D eigenvalue weighted by atomic mass is 9.91. The minimum Gasteiger partial charge on any atom is -0.496 e. The van der Waals surface area contributed by atoms with Crippen LogP contribution in [0.25, 0.3) is 21.9 Å². The number of carboxylic acids is 1. The molecule has 3 aromatic carbocycles. The molecule has 0 aromatic heterocycles. The number of nitrogens with zero attached hydrogens (tertiary/aromatic N) is 1. The van der Waals surface area contributed by atoms with Crippen molar-refractivity contribution < 1.29 is 32.5 Å². The SMILES string of the molecule is COc1ccc(CN2CCC(C(F)(F)F)CC2)c(OC)c1-c1cccc2c(CCC(=O)O)cccc12. The number of piperidine rings is 1. The van der Waals surface area contributed by atoms with Gasteiger partial charge in [0.25, 0.3) is 0 Å². The second-order valence-corrected chi connectivity index (χ2v) is 9.14. The van der Waals surface area contributed by atoms with Crippen LogP contribution in [0.2, 0.25) is 0 Å². The summed E-state index contributed by atoms with van der Waals surface area (Å²) >= 11 is 0. The van der Waals surface area contributed by atoms with Gasteiger partial charge in [-0.1, -0.05) is 42.5 Å². The Morgan fingerprint density at radius 1 is 0.972 bits per heavy atom. The molecule has 1 fully saturated rings. The normalized spacial score (nSPS) is 15.2. The Labute approximate surface area is 208 Å². The van der Waals surface area contributed by atoms with Crippen LogP contribution in [0.5, 0.6) is 11.5 Å². The van der Waals surface area contributed by atoms with Gasteiger partial charge >= 0.3 is 12.1 Å². The van der Waals surface area contributed by atoms with Gasteiger partial charge in [-0.3, -0.25) is 9.69 Å². The van der Waals surface area contributed by atoms with Gasteiger partial charge in [0.15, 0.2) is 0 Å². The zero-order valence-electron chi connectivity index (χ0n) is 20.4. The van der Waals surface area contributed by atoms with Crippen molar-refractivity contribution in [1.82, 2.24) is 4.90 Å². The molecule has 36 heavy (non-hydrogen) atoms. The van der Waals surface area contributed by atoms with Gasteiger partial charge in [-0.25, -0.2) is 0 Å². The van der Waals surface area contributed by atoms with Crippen molar-refractivity contribution in [2.75, 3.05) is 27.3 Å². The van der Waals surface area contributed by atoms with E-state index in [0.29, 0.717) is 37.6 Å². The zero-order valence-corrected chi connectivity index (χ0v) is 20.4. The number of fused-ring (bicyclic) bond motifs is 1. The minimum absolute atomic E-state index is 0.0382. The average molecular weight is 502 g/mol. The predicted octanol–water partition coefficient (Wildman–Crippen LogP) is 6.32. The van der Waals surface area contributed by atoms with Crippen LogP contribution in [0, 0.1) is 5.92 Å². The summed E-state index contributed by atoms with van der Waals surface area (Å²) in [5, 5.41) is 11.0. The third-order valence-corrected chi connectivity index (χ3v) is 6.96. The van der Waals surface area contributed by atoms with E-state index in [0.717, 1.165) is 33.0 Å². The predicted molar refractivity (Wildman–Crippen MR) is 133 cm³/mol. The summed E-state index contributed by atoms with van der Waals surface area (Å²) in [5.41, 5.74) is 3.47. The lowest BCUT2D eigenvalue weighted by Gasteiger charge is -2.33. The standard InChI is InChI=1S/C28H30F3NO4/c1-35-24-11-9-19(17-32-15-13-20(14-16-32)28(29,30)31)27(36-2)26(24)23-8-4-6-21-18(10-12-25(33)34)5-3-7-22(21)23/h3-9,11,20H,10,12-17H2,1-2H3,(H,33,34). The molecule has 1 heterocycles. The molecular formula is C28H30F3NO4. The molecule has 0 aliphatic carbocycles. The number of hydrogen-bond acceptors (Lipinski definition) is 4. The summed E-state index contributed by atoms with van der Waals surface area (Å²) < 4.78 is 50.9. The molecule has 0 bridgehead atoms. The molecule has 1 N–H and O–H groups in total. The molecule has 1 aliphatic heterocycles. The van der Waals surface area contributed by atoms with Crippen LogP contribution in [0.3, 0.4) is 0 Å². The van der Waals surface area contributed by atoms with Crippen molar-refractivity contribution in [2.45, 2.75) is 38.4 Å². The van der Waals surface area contributed by atoms with Crippen molar-refractivity contribution in [1.29, 1.82) is 0 Å². The molecule has 3 aromatic rings. The number of likely N-dealkylation sites (tertiary alicyclic amines) is 1. The number of carboxylic acid groups (broad SMARTS) is 1. The number of benzene rings is 3. The van der Waals surface area contributed by atoms with E-state index in [-0.39, 0.29) is 19.3 Å². The van der Waals surface area contributed by atoms with E-state index in [1.165, 1.54) is 0 Å². The molecule has 1 aliphatic rings. The first-order valence-electron chi connectivity index (χ1n) is 12.0. The second-order valence-electron chi connectivity index (χ2n) is 9.14. The Kier molecular flexibility index (Phi) is 7.73. The Hall–Kier alpha value is -3.26. The first-order chi connectivity index (χ1) is 17.2. The van der Waals surface area contributed by atoms with Gasteiger partial charge in [-0.05, 0) is 60.3 Å². The van der Waals surface area contributed by atoms with E-state index in [1.807, 2.05) is 53.4 Å². The molecule has 1 saturated heterocycles. The van der Waals surface area contributed by atoms with Gasteiger partial charge in [0.1, 0.15) is 11.5 Å². The molecule has 0 atom stereocenters. The van der Waals surface area contributed by atoms with Crippen LogP contribution < -0.4 is 9.47 Å². The van der Waals surface area contributed by atoms with Gasteiger partial charge in [0, 0.05) is 18.5 Å². The van der Waals surface area contributed by atoms with Crippen LogP contribution >= 0.6 is 0 Å². The van der Waals surface area contributed by atoms with E-state index >= 15 is 0 Å². The maximum Gasteiger partial charge on any atom is 0.391 e. The third kappa shape index (κ3) is 5.43. The van der Waals surface area contributed by atoms with Crippen molar-refractivity contribution in [3.8, 4) is 22.6 Å². The van der Waals surface area contributed by atoms with E-state index in [4.69, 9.17) is 14.6 Å². The lowest BCUT2D eigenvalue weighted by molar-refractivity contribution is -0.185. The maximum absolute atomic E-state index is 13.1. The van der Waals surface area contributed by atoms with Crippen molar-refractivity contribution in [3.05, 3.63) is 59.7 Å². The maximum atomic E-state index is 13.1. The molecular weight excluding hydrogens is 471 g/mol. The fraction of sp³-hybridized carbons (Fsp3) is 0.393. The Morgan fingerprint density at radius 2 is 1.67 bits per heavy atom. The number of hydrogen-bond donors (Lipinski definition) is 1. The van der Waals surface area contributed by atoms with Crippen LogP contribution in [-0.4, -0.2) is 49.5 Å². The Balaban J connectivity index is 1.72. The number of alkyl halides is 3. The highest BCUT2D eigenvalue weighted by Crippen LogP contribution is 2.45. The highest BCUT2D eigenvalue weighted by atomic mass is 19.4. The highest BCUT2D eigenvalue weighted by Gasteiger charge is 2.41. The summed E-state index contributed by atoms with van der Waals surface area (Å²) in [6.07, 6.45) is -3.50. The quantitative estimate of drug-likeness (QED) is 0.392. The largest absolute Gasteiger partial charge is 0.496 e. The Bertz CT molecular complexity index is 1230. The van der Waals surface area contributed by atoms with Gasteiger partial charge in [0.05, 0.1) is 25.7 Å². The Morgan fingerprint density at radius 3 is 2.31 bits per heavy atom. The molecule has 0 unspecified atom stereocenters. The van der Waals surface area contributed by atoms with Gasteiger partial charge < -0.3 is 14.6 Å². The van der Waals surface area contributed by atoms with Gasteiger partial charge in [-0.2, -0.15) is 13.2 Å². The smallest absolute Gasteiger partial charge is 0.391 e. The summed E-state index contributed by atoms with van der Waals surface area (Å²) in [6.45, 7) is 1.21. The topological polar surface area (TPSA) is 59.0 Å². The fourth-order valence-electron chi connectivity index (χ4n) is 5.10. The van der Waals surface area contributed by atoms with E-state index in [9.17, 15) is 18.0 Å². The van der Waals surface area contributed by atoms with Crippen molar-refractivity contribution >= 4 is 16.7 Å². The third-order valence-electron chi connectivity index (χ3n) is 6.96. The molecule has 0 radical (unpaired) electrons. The molecule has 192 valence electrons. The summed E-state index contributed by atoms with van der Waals surface area (Å²) in [5.74, 6) is -0.850. The number of rotatable bonds is 8. The number of ether oxygens (including phenoxy) is 2. The van der Waals surface area contributed by atoms with E-state index in [2.05, 4.69) is 0 Å². The zero-order chi connectivity index (χ0) is 25.9. The number of methoxy groups -OCH3 is 2. The monoisotopic (exact) mass is 501 g/mol. The average Bonchev–Trinajstić information content (AvgIpc) is 2.86. The van der Waals surface area contributed by atoms with Gasteiger partial charge in [0.2, 0.25) is 0 Å². The first kappa shape index (κ1) is 25.8.